The quantitative estimate of drug-likeness (QED) is 0.823. The van der Waals surface area contributed by atoms with Gasteiger partial charge in [-0.15, -0.1) is 0 Å². The molecule has 2 atom stereocenters. The number of pyridine rings is 1. The number of benzene rings is 1. The van der Waals surface area contributed by atoms with Gasteiger partial charge in [-0.05, 0) is 18.6 Å². The van der Waals surface area contributed by atoms with Crippen molar-refractivity contribution in [3.63, 3.8) is 0 Å². The van der Waals surface area contributed by atoms with E-state index in [1.807, 2.05) is 31.2 Å². The monoisotopic (exact) mass is 277 g/mol. The van der Waals surface area contributed by atoms with Crippen molar-refractivity contribution in [2.24, 2.45) is 0 Å². The fourth-order valence-electron chi connectivity index (χ4n) is 1.93. The summed E-state index contributed by atoms with van der Waals surface area (Å²) in [5, 5.41) is 4.59. The number of anilines is 2. The summed E-state index contributed by atoms with van der Waals surface area (Å²) in [5.41, 5.74) is 8.43. The maximum absolute atomic E-state index is 11.3. The van der Waals surface area contributed by atoms with Crippen LogP contribution in [0.4, 0.5) is 11.4 Å². The minimum Gasteiger partial charge on any atom is -0.397 e. The van der Waals surface area contributed by atoms with Crippen LogP contribution in [0.15, 0.2) is 30.5 Å². The predicted octanol–water partition coefficient (Wildman–Crippen LogP) is 2.39. The molecular formula is C14H19N3OS. The highest BCUT2D eigenvalue weighted by Crippen LogP contribution is 2.25. The van der Waals surface area contributed by atoms with Crippen LogP contribution in [0.1, 0.15) is 13.3 Å². The van der Waals surface area contributed by atoms with Gasteiger partial charge in [-0.1, -0.05) is 19.1 Å². The Balaban J connectivity index is 2.13. The van der Waals surface area contributed by atoms with Crippen LogP contribution < -0.4 is 11.1 Å². The van der Waals surface area contributed by atoms with E-state index in [-0.39, 0.29) is 5.25 Å². The molecule has 2 unspecified atom stereocenters. The first-order valence-corrected chi connectivity index (χ1v) is 7.91. The van der Waals surface area contributed by atoms with Crippen LogP contribution >= 0.6 is 0 Å². The maximum Gasteiger partial charge on any atom is 0.0951 e. The number of nitrogens with one attached hydrogen (secondary N) is 1. The molecule has 0 fully saturated rings. The van der Waals surface area contributed by atoms with Crippen molar-refractivity contribution >= 4 is 33.1 Å². The molecule has 0 bridgehead atoms. The summed E-state index contributed by atoms with van der Waals surface area (Å²) >= 11 is 0. The van der Waals surface area contributed by atoms with Gasteiger partial charge in [0.25, 0.3) is 0 Å². The third kappa shape index (κ3) is 3.23. The molecule has 0 aliphatic heterocycles. The highest BCUT2D eigenvalue weighted by atomic mass is 32.2. The zero-order valence-corrected chi connectivity index (χ0v) is 12.0. The van der Waals surface area contributed by atoms with E-state index in [1.54, 1.807) is 12.5 Å². The molecule has 2 aromatic rings. The van der Waals surface area contributed by atoms with Crippen molar-refractivity contribution in [2.45, 2.75) is 18.6 Å². The standard InChI is InChI=1S/C14H19N3OS/c1-10(19(2)18)6-8-16-13-7-9-17-14-11(13)4-3-5-12(14)15/h3-5,7,9-10H,6,8,15H2,1-2H3,(H,16,17). The van der Waals surface area contributed by atoms with Gasteiger partial charge in [0.05, 0.1) is 11.2 Å². The highest BCUT2D eigenvalue weighted by Gasteiger charge is 2.07. The lowest BCUT2D eigenvalue weighted by atomic mass is 10.1. The lowest BCUT2D eigenvalue weighted by Gasteiger charge is -2.12. The molecule has 0 amide bonds. The van der Waals surface area contributed by atoms with Gasteiger partial charge in [0, 0.05) is 46.1 Å². The van der Waals surface area contributed by atoms with Crippen LogP contribution in [-0.2, 0) is 10.8 Å². The third-order valence-electron chi connectivity index (χ3n) is 3.24. The van der Waals surface area contributed by atoms with Crippen molar-refractivity contribution in [2.75, 3.05) is 23.9 Å². The Kier molecular flexibility index (Phi) is 4.37. The van der Waals surface area contributed by atoms with Crippen LogP contribution in [0, 0.1) is 0 Å². The van der Waals surface area contributed by atoms with Crippen molar-refractivity contribution < 1.29 is 4.21 Å². The van der Waals surface area contributed by atoms with Gasteiger partial charge in [-0.25, -0.2) is 0 Å². The molecule has 0 saturated heterocycles. The first kappa shape index (κ1) is 13.8. The Labute approximate surface area is 115 Å². The Morgan fingerprint density at radius 1 is 1.42 bits per heavy atom. The van der Waals surface area contributed by atoms with Gasteiger partial charge in [-0.3, -0.25) is 9.19 Å². The molecule has 19 heavy (non-hydrogen) atoms. The molecule has 102 valence electrons. The Bertz CT molecular complexity index is 600. The second-order valence-electron chi connectivity index (χ2n) is 4.63. The lowest BCUT2D eigenvalue weighted by molar-refractivity contribution is 0.672. The van der Waals surface area contributed by atoms with E-state index in [0.717, 1.165) is 29.6 Å². The van der Waals surface area contributed by atoms with Gasteiger partial charge in [0.2, 0.25) is 0 Å². The summed E-state index contributed by atoms with van der Waals surface area (Å²) < 4.78 is 11.3. The van der Waals surface area contributed by atoms with E-state index in [0.29, 0.717) is 5.69 Å². The molecule has 1 aromatic carbocycles. The smallest absolute Gasteiger partial charge is 0.0951 e. The number of nitrogens with zero attached hydrogens (tertiary/aromatic N) is 1. The fraction of sp³-hybridized carbons (Fsp3) is 0.357. The van der Waals surface area contributed by atoms with Gasteiger partial charge >= 0.3 is 0 Å². The second-order valence-corrected chi connectivity index (χ2v) is 6.43. The molecule has 0 aliphatic carbocycles. The van der Waals surface area contributed by atoms with Crippen LogP contribution in [0.2, 0.25) is 0 Å². The van der Waals surface area contributed by atoms with Crippen LogP contribution in [0.25, 0.3) is 10.9 Å². The number of nitrogens with two attached hydrogens (primary N) is 1. The molecule has 0 aliphatic rings. The van der Waals surface area contributed by atoms with E-state index in [1.165, 1.54) is 0 Å². The molecule has 3 N–H and O–H groups in total. The molecule has 1 heterocycles. The van der Waals surface area contributed by atoms with E-state index in [2.05, 4.69) is 10.3 Å². The molecule has 4 nitrogen and oxygen atoms in total. The maximum atomic E-state index is 11.3. The summed E-state index contributed by atoms with van der Waals surface area (Å²) in [6, 6.07) is 7.72. The molecule has 2 rings (SSSR count). The van der Waals surface area contributed by atoms with Gasteiger partial charge in [0.1, 0.15) is 0 Å². The Morgan fingerprint density at radius 2 is 2.21 bits per heavy atom. The van der Waals surface area contributed by atoms with Crippen molar-refractivity contribution in [1.82, 2.24) is 4.98 Å². The predicted molar refractivity (Wildman–Crippen MR) is 82.8 cm³/mol. The van der Waals surface area contributed by atoms with E-state index in [4.69, 9.17) is 5.73 Å². The molecule has 0 saturated carbocycles. The molecule has 0 spiro atoms. The second kappa shape index (κ2) is 6.02. The Hall–Kier alpha value is -1.62. The van der Waals surface area contributed by atoms with Gasteiger partial charge < -0.3 is 11.1 Å². The van der Waals surface area contributed by atoms with Crippen molar-refractivity contribution in [3.05, 3.63) is 30.5 Å². The fourth-order valence-corrected chi connectivity index (χ4v) is 2.38. The topological polar surface area (TPSA) is 68.0 Å². The summed E-state index contributed by atoms with van der Waals surface area (Å²) in [6.45, 7) is 2.79. The van der Waals surface area contributed by atoms with E-state index in [9.17, 15) is 4.21 Å². The van der Waals surface area contributed by atoms with Gasteiger partial charge in [-0.2, -0.15) is 0 Å². The first-order chi connectivity index (χ1) is 9.09. The summed E-state index contributed by atoms with van der Waals surface area (Å²) in [5.74, 6) is 0. The number of hydrogen-bond donors (Lipinski definition) is 2. The highest BCUT2D eigenvalue weighted by molar-refractivity contribution is 7.84. The molecular weight excluding hydrogens is 258 g/mol. The first-order valence-electron chi connectivity index (χ1n) is 6.29. The number of hydrogen-bond acceptors (Lipinski definition) is 4. The zero-order chi connectivity index (χ0) is 13.8. The Morgan fingerprint density at radius 3 is 2.95 bits per heavy atom. The number of rotatable bonds is 5. The summed E-state index contributed by atoms with van der Waals surface area (Å²) in [6.07, 6.45) is 4.37. The molecule has 5 heteroatoms. The average Bonchev–Trinajstić information content (AvgIpc) is 2.39. The SMILES string of the molecule is CC(CCNc1ccnc2c(N)cccc12)S(C)=O. The van der Waals surface area contributed by atoms with Crippen LogP contribution in [-0.4, -0.2) is 27.2 Å². The summed E-state index contributed by atoms with van der Waals surface area (Å²) in [4.78, 5) is 4.30. The van der Waals surface area contributed by atoms with E-state index < -0.39 is 10.8 Å². The average molecular weight is 277 g/mol. The van der Waals surface area contributed by atoms with Crippen LogP contribution in [0.3, 0.4) is 0 Å². The lowest BCUT2D eigenvalue weighted by Crippen LogP contribution is -2.15. The van der Waals surface area contributed by atoms with Gasteiger partial charge in [0.15, 0.2) is 0 Å². The largest absolute Gasteiger partial charge is 0.397 e. The van der Waals surface area contributed by atoms with Crippen LogP contribution in [0.5, 0.6) is 0 Å². The summed E-state index contributed by atoms with van der Waals surface area (Å²) in [7, 11) is -0.771. The minimum atomic E-state index is -0.771. The molecule has 0 radical (unpaired) electrons. The molecule has 1 aromatic heterocycles. The normalized spacial score (nSPS) is 14.2. The minimum absolute atomic E-state index is 0.200. The number of aromatic nitrogens is 1. The van der Waals surface area contributed by atoms with Crippen molar-refractivity contribution in [1.29, 1.82) is 0 Å². The van der Waals surface area contributed by atoms with Crippen molar-refractivity contribution in [3.8, 4) is 0 Å². The zero-order valence-electron chi connectivity index (χ0n) is 11.2. The van der Waals surface area contributed by atoms with E-state index >= 15 is 0 Å². The third-order valence-corrected chi connectivity index (χ3v) is 4.60. The number of para-hydroxylation sites is 1. The number of fused-ring (bicyclic) bond motifs is 1. The number of nitrogen functional groups attached to an aromatic ring is 1.